The minimum Gasteiger partial charge on any atom is -0.280 e. The smallest absolute Gasteiger partial charge is 0.264 e. The molecule has 0 radical (unpaired) electrons. The van der Waals surface area contributed by atoms with Crippen molar-refractivity contribution in [3.8, 4) is 0 Å². The fraction of sp³-hybridized carbons (Fsp3) is 0.130. The maximum atomic E-state index is 13.2. The van der Waals surface area contributed by atoms with Crippen LogP contribution in [0.25, 0.3) is 6.08 Å². The van der Waals surface area contributed by atoms with Crippen LogP contribution in [0.1, 0.15) is 17.5 Å². The van der Waals surface area contributed by atoms with Gasteiger partial charge in [-0.3, -0.25) is 9.03 Å². The highest BCUT2D eigenvalue weighted by Gasteiger charge is 2.29. The zero-order valence-electron chi connectivity index (χ0n) is 16.7. The van der Waals surface area contributed by atoms with E-state index in [2.05, 4.69) is 4.72 Å². The van der Waals surface area contributed by atoms with Gasteiger partial charge in [0.2, 0.25) is 0 Å². The largest absolute Gasteiger partial charge is 0.280 e. The van der Waals surface area contributed by atoms with Gasteiger partial charge in [-0.05, 0) is 54.3 Å². The second-order valence-corrected chi connectivity index (χ2v) is 10.6. The van der Waals surface area contributed by atoms with E-state index in [1.54, 1.807) is 60.7 Å². The van der Waals surface area contributed by atoms with Gasteiger partial charge in [-0.1, -0.05) is 54.6 Å². The van der Waals surface area contributed by atoms with Crippen LogP contribution in [0.2, 0.25) is 0 Å². The molecule has 0 saturated heterocycles. The Morgan fingerprint density at radius 2 is 1.52 bits per heavy atom. The molecule has 0 aliphatic carbocycles. The van der Waals surface area contributed by atoms with Gasteiger partial charge in [-0.25, -0.2) is 16.8 Å². The second kappa shape index (κ2) is 8.56. The highest BCUT2D eigenvalue weighted by Crippen LogP contribution is 2.34. The molecule has 0 aromatic heterocycles. The van der Waals surface area contributed by atoms with Crippen LogP contribution in [0.3, 0.4) is 0 Å². The summed E-state index contributed by atoms with van der Waals surface area (Å²) < 4.78 is 55.3. The first-order valence-electron chi connectivity index (χ1n) is 9.82. The van der Waals surface area contributed by atoms with E-state index in [1.807, 2.05) is 18.2 Å². The summed E-state index contributed by atoms with van der Waals surface area (Å²) in [6, 6.07) is 22.4. The molecule has 3 aromatic carbocycles. The quantitative estimate of drug-likeness (QED) is 0.604. The zero-order valence-corrected chi connectivity index (χ0v) is 18.3. The molecule has 1 aliphatic heterocycles. The molecular formula is C23H22N2O4S2. The highest BCUT2D eigenvalue weighted by molar-refractivity contribution is 7.95. The zero-order chi connectivity index (χ0) is 21.9. The van der Waals surface area contributed by atoms with Gasteiger partial charge in [0.1, 0.15) is 0 Å². The number of rotatable bonds is 6. The average molecular weight is 455 g/mol. The first-order chi connectivity index (χ1) is 14.9. The SMILES string of the molecule is O=S(=O)(/C=C/c1ccccc1)Nc1ccc2c(c1)N(S(=O)(=O)c1ccccc1)CCC2. The third-order valence-corrected chi connectivity index (χ3v) is 7.83. The summed E-state index contributed by atoms with van der Waals surface area (Å²) in [6.07, 6.45) is 2.94. The van der Waals surface area contributed by atoms with E-state index in [9.17, 15) is 16.8 Å². The molecular weight excluding hydrogens is 432 g/mol. The van der Waals surface area contributed by atoms with Gasteiger partial charge in [0.05, 0.1) is 21.7 Å². The van der Waals surface area contributed by atoms with Gasteiger partial charge in [-0.2, -0.15) is 0 Å². The Bertz CT molecular complexity index is 1300. The van der Waals surface area contributed by atoms with E-state index >= 15 is 0 Å². The van der Waals surface area contributed by atoms with Crippen LogP contribution < -0.4 is 9.03 Å². The lowest BCUT2D eigenvalue weighted by Gasteiger charge is -2.31. The third kappa shape index (κ3) is 4.81. The molecule has 1 heterocycles. The Kier molecular flexibility index (Phi) is 5.84. The highest BCUT2D eigenvalue weighted by atomic mass is 32.2. The monoisotopic (exact) mass is 454 g/mol. The Balaban J connectivity index is 1.63. The van der Waals surface area contributed by atoms with Gasteiger partial charge in [-0.15, -0.1) is 0 Å². The van der Waals surface area contributed by atoms with Crippen molar-refractivity contribution in [3.05, 3.63) is 95.4 Å². The van der Waals surface area contributed by atoms with E-state index in [1.165, 1.54) is 10.4 Å². The van der Waals surface area contributed by atoms with Crippen molar-refractivity contribution in [2.24, 2.45) is 0 Å². The number of hydrogen-bond acceptors (Lipinski definition) is 4. The molecule has 1 aliphatic rings. The Hall–Kier alpha value is -3.10. The van der Waals surface area contributed by atoms with E-state index in [4.69, 9.17) is 0 Å². The number of anilines is 2. The topological polar surface area (TPSA) is 83.6 Å². The van der Waals surface area contributed by atoms with E-state index in [-0.39, 0.29) is 4.90 Å². The summed E-state index contributed by atoms with van der Waals surface area (Å²) >= 11 is 0. The van der Waals surface area contributed by atoms with Crippen LogP contribution >= 0.6 is 0 Å². The van der Waals surface area contributed by atoms with Crippen LogP contribution in [-0.2, 0) is 26.5 Å². The molecule has 1 N–H and O–H groups in total. The molecule has 3 aromatic rings. The summed E-state index contributed by atoms with van der Waals surface area (Å²) in [5.74, 6) is 0. The van der Waals surface area contributed by atoms with Crippen molar-refractivity contribution < 1.29 is 16.8 Å². The van der Waals surface area contributed by atoms with Crippen molar-refractivity contribution in [2.45, 2.75) is 17.7 Å². The number of benzene rings is 3. The summed E-state index contributed by atoms with van der Waals surface area (Å²) in [5, 5.41) is 1.10. The van der Waals surface area contributed by atoms with Crippen LogP contribution in [0, 0.1) is 0 Å². The molecule has 0 fully saturated rings. The standard InChI is InChI=1S/C23H22N2O4S2/c26-30(27,17-15-19-8-3-1-4-9-19)24-21-14-13-20-10-7-16-25(23(20)18-21)31(28,29)22-11-5-2-6-12-22/h1-6,8-9,11-15,17-18,24H,7,10,16H2/b17-15+. The van der Waals surface area contributed by atoms with Crippen LogP contribution in [-0.4, -0.2) is 23.4 Å². The van der Waals surface area contributed by atoms with Crippen molar-refractivity contribution in [1.82, 2.24) is 0 Å². The van der Waals surface area contributed by atoms with Crippen LogP contribution in [0.4, 0.5) is 11.4 Å². The number of hydrogen-bond donors (Lipinski definition) is 1. The molecule has 0 atom stereocenters. The summed E-state index contributed by atoms with van der Waals surface area (Å²) in [5.41, 5.74) is 2.45. The van der Waals surface area contributed by atoms with E-state index in [0.717, 1.165) is 23.0 Å². The Labute approximate surface area is 183 Å². The first kappa shape index (κ1) is 21.1. The summed E-state index contributed by atoms with van der Waals surface area (Å²) in [7, 11) is -7.50. The molecule has 0 unspecified atom stereocenters. The molecule has 0 spiro atoms. The minimum absolute atomic E-state index is 0.208. The average Bonchev–Trinajstić information content (AvgIpc) is 2.78. The summed E-state index contributed by atoms with van der Waals surface area (Å²) in [4.78, 5) is 0.208. The second-order valence-electron chi connectivity index (χ2n) is 7.20. The van der Waals surface area contributed by atoms with Crippen LogP contribution in [0.15, 0.2) is 89.2 Å². The number of sulfonamides is 2. The van der Waals surface area contributed by atoms with Crippen molar-refractivity contribution in [3.63, 3.8) is 0 Å². The molecule has 160 valence electrons. The molecule has 0 amide bonds. The normalized spacial score (nSPS) is 14.4. The lowest BCUT2D eigenvalue weighted by Crippen LogP contribution is -2.35. The van der Waals surface area contributed by atoms with Gasteiger partial charge in [0, 0.05) is 6.54 Å². The Morgan fingerprint density at radius 3 is 2.23 bits per heavy atom. The predicted octanol–water partition coefficient (Wildman–Crippen LogP) is 4.24. The lowest BCUT2D eigenvalue weighted by atomic mass is 10.0. The Morgan fingerprint density at radius 1 is 0.839 bits per heavy atom. The number of fused-ring (bicyclic) bond motifs is 1. The minimum atomic E-state index is -3.76. The first-order valence-corrected chi connectivity index (χ1v) is 12.8. The molecule has 0 bridgehead atoms. The summed E-state index contributed by atoms with van der Waals surface area (Å²) in [6.45, 7) is 0.342. The molecule has 31 heavy (non-hydrogen) atoms. The van der Waals surface area contributed by atoms with Crippen molar-refractivity contribution >= 4 is 37.5 Å². The molecule has 0 saturated carbocycles. The lowest BCUT2D eigenvalue weighted by molar-refractivity contribution is 0.586. The number of aryl methyl sites for hydroxylation is 1. The van der Waals surface area contributed by atoms with Gasteiger partial charge < -0.3 is 0 Å². The molecule has 8 heteroatoms. The van der Waals surface area contributed by atoms with E-state index < -0.39 is 20.0 Å². The maximum Gasteiger partial charge on any atom is 0.264 e. The molecule has 4 rings (SSSR count). The van der Waals surface area contributed by atoms with Gasteiger partial charge in [0.25, 0.3) is 20.0 Å². The van der Waals surface area contributed by atoms with Gasteiger partial charge >= 0.3 is 0 Å². The fourth-order valence-corrected chi connectivity index (χ4v) is 5.92. The maximum absolute atomic E-state index is 13.2. The van der Waals surface area contributed by atoms with Crippen molar-refractivity contribution in [1.29, 1.82) is 0 Å². The molecule has 6 nitrogen and oxygen atoms in total. The predicted molar refractivity (Wildman–Crippen MR) is 124 cm³/mol. The van der Waals surface area contributed by atoms with Gasteiger partial charge in [0.15, 0.2) is 0 Å². The van der Waals surface area contributed by atoms with Crippen LogP contribution in [0.5, 0.6) is 0 Å². The third-order valence-electron chi connectivity index (χ3n) is 4.99. The fourth-order valence-electron chi connectivity index (χ4n) is 3.50. The van der Waals surface area contributed by atoms with Crippen molar-refractivity contribution in [2.75, 3.05) is 15.6 Å². The number of nitrogens with zero attached hydrogens (tertiary/aromatic N) is 1. The van der Waals surface area contributed by atoms with E-state index in [0.29, 0.717) is 24.3 Å². The number of nitrogens with one attached hydrogen (secondary N) is 1.